The van der Waals surface area contributed by atoms with Crippen LogP contribution in [0.5, 0.6) is 5.75 Å². The SMILES string of the molecule is C=CCCCCCCOc1ccc(CCC(NC(C)=O)(C(=O)OCC)C(=O)OCC)cc1. The van der Waals surface area contributed by atoms with Gasteiger partial charge in [-0.15, -0.1) is 6.58 Å². The number of allylic oxidation sites excluding steroid dienone is 1. The van der Waals surface area contributed by atoms with Crippen molar-refractivity contribution >= 4 is 17.8 Å². The molecule has 0 atom stereocenters. The van der Waals surface area contributed by atoms with Crippen LogP contribution in [0.25, 0.3) is 0 Å². The van der Waals surface area contributed by atoms with Crippen molar-refractivity contribution in [3.05, 3.63) is 42.5 Å². The number of carbonyl (C=O) groups excluding carboxylic acids is 3. The fraction of sp³-hybridized carbons (Fsp3) is 0.560. The van der Waals surface area contributed by atoms with E-state index in [1.54, 1.807) is 13.8 Å². The number of amides is 1. The molecule has 1 amide bonds. The largest absolute Gasteiger partial charge is 0.494 e. The number of hydrogen-bond acceptors (Lipinski definition) is 6. The van der Waals surface area contributed by atoms with Gasteiger partial charge in [0.2, 0.25) is 11.4 Å². The van der Waals surface area contributed by atoms with Gasteiger partial charge in [0.15, 0.2) is 0 Å². The lowest BCUT2D eigenvalue weighted by Gasteiger charge is -2.29. The number of aryl methyl sites for hydroxylation is 1. The Kier molecular flexibility index (Phi) is 12.8. The van der Waals surface area contributed by atoms with Gasteiger partial charge < -0.3 is 19.5 Å². The van der Waals surface area contributed by atoms with E-state index in [1.807, 2.05) is 30.3 Å². The molecule has 1 N–H and O–H groups in total. The normalized spacial score (nSPS) is 10.8. The first-order chi connectivity index (χ1) is 15.4. The molecule has 0 heterocycles. The predicted octanol–water partition coefficient (Wildman–Crippen LogP) is 4.14. The standard InChI is InChI=1S/C25H37NO6/c1-5-8-9-10-11-12-19-32-22-15-13-21(14-16-22)17-18-25(26-20(4)27,23(28)30-6-2)24(29)31-7-3/h5,13-16H,1,6-12,17-19H2,2-4H3,(H,26,27). The summed E-state index contributed by atoms with van der Waals surface area (Å²) < 4.78 is 16.0. The molecule has 0 bridgehead atoms. The number of esters is 2. The van der Waals surface area contributed by atoms with E-state index in [0.717, 1.165) is 37.0 Å². The Bertz CT molecular complexity index is 710. The smallest absolute Gasteiger partial charge is 0.343 e. The molecule has 1 aromatic rings. The third-order valence-electron chi connectivity index (χ3n) is 4.92. The average molecular weight is 448 g/mol. The van der Waals surface area contributed by atoms with Crippen molar-refractivity contribution in [2.24, 2.45) is 0 Å². The summed E-state index contributed by atoms with van der Waals surface area (Å²) in [6.45, 7) is 9.08. The summed E-state index contributed by atoms with van der Waals surface area (Å²) in [6.07, 6.45) is 7.84. The van der Waals surface area contributed by atoms with Gasteiger partial charge in [0, 0.05) is 6.92 Å². The summed E-state index contributed by atoms with van der Waals surface area (Å²) in [6, 6.07) is 7.49. The molecule has 1 rings (SSSR count). The van der Waals surface area contributed by atoms with Crippen molar-refractivity contribution < 1.29 is 28.6 Å². The van der Waals surface area contributed by atoms with Crippen LogP contribution in [0.15, 0.2) is 36.9 Å². The maximum atomic E-state index is 12.7. The summed E-state index contributed by atoms with van der Waals surface area (Å²) >= 11 is 0. The first-order valence-corrected chi connectivity index (χ1v) is 11.3. The van der Waals surface area contributed by atoms with E-state index in [4.69, 9.17) is 14.2 Å². The maximum Gasteiger partial charge on any atom is 0.343 e. The molecular weight excluding hydrogens is 410 g/mol. The molecular formula is C25H37NO6. The Hall–Kier alpha value is -2.83. The number of unbranched alkanes of at least 4 members (excludes halogenated alkanes) is 4. The van der Waals surface area contributed by atoms with Crippen LogP contribution in [0.3, 0.4) is 0 Å². The number of rotatable bonds is 16. The van der Waals surface area contributed by atoms with Crippen LogP contribution in [-0.4, -0.2) is 43.2 Å². The molecule has 0 aliphatic heterocycles. The minimum absolute atomic E-state index is 0.0230. The summed E-state index contributed by atoms with van der Waals surface area (Å²) in [5, 5.41) is 2.48. The van der Waals surface area contributed by atoms with Crippen molar-refractivity contribution in [2.45, 2.75) is 71.3 Å². The van der Waals surface area contributed by atoms with Gasteiger partial charge >= 0.3 is 11.9 Å². The lowest BCUT2D eigenvalue weighted by atomic mass is 9.90. The zero-order chi connectivity index (χ0) is 23.8. The number of hydrogen-bond donors (Lipinski definition) is 1. The zero-order valence-corrected chi connectivity index (χ0v) is 19.6. The molecule has 7 nitrogen and oxygen atoms in total. The van der Waals surface area contributed by atoms with E-state index < -0.39 is 23.4 Å². The fourth-order valence-electron chi connectivity index (χ4n) is 3.28. The topological polar surface area (TPSA) is 90.9 Å². The highest BCUT2D eigenvalue weighted by Crippen LogP contribution is 2.21. The lowest BCUT2D eigenvalue weighted by molar-refractivity contribution is -0.168. The maximum absolute atomic E-state index is 12.7. The number of carbonyl (C=O) groups is 3. The highest BCUT2D eigenvalue weighted by Gasteiger charge is 2.49. The van der Waals surface area contributed by atoms with Crippen LogP contribution in [0, 0.1) is 0 Å². The van der Waals surface area contributed by atoms with E-state index in [0.29, 0.717) is 13.0 Å². The first-order valence-electron chi connectivity index (χ1n) is 11.3. The monoisotopic (exact) mass is 447 g/mol. The molecule has 0 saturated carbocycles. The summed E-state index contributed by atoms with van der Waals surface area (Å²) in [5.74, 6) is -1.38. The second-order valence-electron chi connectivity index (χ2n) is 7.51. The van der Waals surface area contributed by atoms with Gasteiger partial charge in [-0.05, 0) is 63.6 Å². The van der Waals surface area contributed by atoms with Gasteiger partial charge in [-0.25, -0.2) is 9.59 Å². The molecule has 32 heavy (non-hydrogen) atoms. The van der Waals surface area contributed by atoms with Crippen LogP contribution in [0.1, 0.15) is 64.9 Å². The van der Waals surface area contributed by atoms with Crippen molar-refractivity contribution in [2.75, 3.05) is 19.8 Å². The van der Waals surface area contributed by atoms with E-state index in [2.05, 4.69) is 11.9 Å². The van der Waals surface area contributed by atoms with Gasteiger partial charge in [-0.1, -0.05) is 31.1 Å². The Labute approximate surface area is 191 Å². The van der Waals surface area contributed by atoms with E-state index in [9.17, 15) is 14.4 Å². The van der Waals surface area contributed by atoms with Gasteiger partial charge in [0.1, 0.15) is 5.75 Å². The molecule has 1 aromatic carbocycles. The van der Waals surface area contributed by atoms with Gasteiger partial charge in [-0.3, -0.25) is 4.79 Å². The summed E-state index contributed by atoms with van der Waals surface area (Å²) in [4.78, 5) is 37.1. The molecule has 0 aliphatic carbocycles. The Morgan fingerprint density at radius 3 is 2.09 bits per heavy atom. The van der Waals surface area contributed by atoms with Gasteiger partial charge in [0.25, 0.3) is 0 Å². The highest BCUT2D eigenvalue weighted by molar-refractivity contribution is 6.07. The molecule has 0 spiro atoms. The second-order valence-corrected chi connectivity index (χ2v) is 7.51. The van der Waals surface area contributed by atoms with Crippen molar-refractivity contribution in [3.63, 3.8) is 0 Å². The lowest BCUT2D eigenvalue weighted by Crippen LogP contribution is -2.61. The second kappa shape index (κ2) is 15.1. The van der Waals surface area contributed by atoms with Crippen LogP contribution < -0.4 is 10.1 Å². The van der Waals surface area contributed by atoms with Crippen LogP contribution in [0.4, 0.5) is 0 Å². The molecule has 178 valence electrons. The first kappa shape index (κ1) is 27.2. The molecule has 0 aliphatic rings. The number of benzene rings is 1. The average Bonchev–Trinajstić information content (AvgIpc) is 2.77. The molecule has 0 radical (unpaired) electrons. The summed E-state index contributed by atoms with van der Waals surface area (Å²) in [5.41, 5.74) is -0.983. The van der Waals surface area contributed by atoms with E-state index in [1.165, 1.54) is 13.3 Å². The van der Waals surface area contributed by atoms with Crippen LogP contribution in [0.2, 0.25) is 0 Å². The quantitative estimate of drug-likeness (QED) is 0.177. The molecule has 0 unspecified atom stereocenters. The minimum atomic E-state index is -1.88. The number of nitrogens with one attached hydrogen (secondary N) is 1. The molecule has 0 fully saturated rings. The third kappa shape index (κ3) is 9.12. The van der Waals surface area contributed by atoms with Crippen molar-refractivity contribution in [1.29, 1.82) is 0 Å². The zero-order valence-electron chi connectivity index (χ0n) is 19.6. The van der Waals surface area contributed by atoms with Crippen LogP contribution in [-0.2, 0) is 30.3 Å². The molecule has 7 heteroatoms. The molecule has 0 saturated heterocycles. The molecule has 0 aromatic heterocycles. The highest BCUT2D eigenvalue weighted by atomic mass is 16.6. The van der Waals surface area contributed by atoms with Gasteiger partial charge in [0.05, 0.1) is 19.8 Å². The van der Waals surface area contributed by atoms with E-state index >= 15 is 0 Å². The third-order valence-corrected chi connectivity index (χ3v) is 4.92. The van der Waals surface area contributed by atoms with Crippen LogP contribution >= 0.6 is 0 Å². The Balaban J connectivity index is 2.74. The van der Waals surface area contributed by atoms with Gasteiger partial charge in [-0.2, -0.15) is 0 Å². The van der Waals surface area contributed by atoms with Crippen molar-refractivity contribution in [1.82, 2.24) is 5.32 Å². The minimum Gasteiger partial charge on any atom is -0.494 e. The van der Waals surface area contributed by atoms with E-state index in [-0.39, 0.29) is 19.6 Å². The fourth-order valence-corrected chi connectivity index (χ4v) is 3.28. The van der Waals surface area contributed by atoms with Crippen molar-refractivity contribution in [3.8, 4) is 5.75 Å². The summed E-state index contributed by atoms with van der Waals surface area (Å²) in [7, 11) is 0. The Morgan fingerprint density at radius 2 is 1.56 bits per heavy atom. The predicted molar refractivity (Wildman–Crippen MR) is 123 cm³/mol. The number of ether oxygens (including phenoxy) is 3. The Morgan fingerprint density at radius 1 is 0.969 bits per heavy atom.